The van der Waals surface area contributed by atoms with Crippen LogP contribution < -0.4 is 0 Å². The van der Waals surface area contributed by atoms with Gasteiger partial charge in [0.1, 0.15) is 6.29 Å². The number of rotatable bonds is 10. The lowest BCUT2D eigenvalue weighted by Crippen LogP contribution is -2.13. The molecule has 0 aromatic heterocycles. The Morgan fingerprint density at radius 2 is 1.71 bits per heavy atom. The highest BCUT2D eigenvalue weighted by atomic mass is 28.2. The van der Waals surface area contributed by atoms with Crippen molar-refractivity contribution in [2.45, 2.75) is 71.1 Å². The molecular weight excluding hydrogens is 192 g/mol. The maximum absolute atomic E-state index is 9.37. The zero-order valence-corrected chi connectivity index (χ0v) is 10.6. The molecule has 14 heavy (non-hydrogen) atoms. The second kappa shape index (κ2) is 11.2. The summed E-state index contributed by atoms with van der Waals surface area (Å²) in [6, 6.07) is 1.01. The van der Waals surface area contributed by atoms with Crippen molar-refractivity contribution in [3.63, 3.8) is 0 Å². The minimum atomic E-state index is -0.514. The monoisotopic (exact) mass is 216 g/mol. The van der Waals surface area contributed by atoms with Crippen LogP contribution in [0, 0.1) is 0 Å². The van der Waals surface area contributed by atoms with Crippen molar-refractivity contribution in [2.24, 2.45) is 0 Å². The van der Waals surface area contributed by atoms with E-state index in [1.54, 1.807) is 0 Å². The molecule has 0 aromatic rings. The van der Waals surface area contributed by atoms with E-state index in [1.165, 1.54) is 32.1 Å². The van der Waals surface area contributed by atoms with Gasteiger partial charge in [-0.25, -0.2) is 0 Å². The van der Waals surface area contributed by atoms with E-state index in [-0.39, 0.29) is 0 Å². The lowest BCUT2D eigenvalue weighted by Gasteiger charge is -2.10. The molecule has 0 heterocycles. The van der Waals surface area contributed by atoms with Crippen LogP contribution in [0.5, 0.6) is 0 Å². The molecule has 1 atom stereocenters. The molecule has 0 aliphatic heterocycles. The average Bonchev–Trinajstić information content (AvgIpc) is 2.20. The van der Waals surface area contributed by atoms with E-state index in [1.807, 2.05) is 0 Å². The third-order valence-electron chi connectivity index (χ3n) is 2.17. The summed E-state index contributed by atoms with van der Waals surface area (Å²) in [4.78, 5) is 0. The summed E-state index contributed by atoms with van der Waals surface area (Å²) in [6.45, 7) is 4.29. The minimum absolute atomic E-state index is 0.457. The zero-order valence-electron chi connectivity index (χ0n) is 9.59. The Hall–Kier alpha value is 0.137. The molecule has 0 bridgehead atoms. The molecule has 2 nitrogen and oxygen atoms in total. The van der Waals surface area contributed by atoms with E-state index < -0.39 is 6.29 Å². The van der Waals surface area contributed by atoms with Gasteiger partial charge in [0.25, 0.3) is 0 Å². The van der Waals surface area contributed by atoms with E-state index in [4.69, 9.17) is 4.43 Å². The fraction of sp³-hybridized carbons (Fsp3) is 1.00. The van der Waals surface area contributed by atoms with Crippen LogP contribution in [0.4, 0.5) is 0 Å². The summed E-state index contributed by atoms with van der Waals surface area (Å²) < 4.78 is 5.20. The normalized spacial score (nSPS) is 13.1. The van der Waals surface area contributed by atoms with Gasteiger partial charge in [0.15, 0.2) is 0 Å². The molecule has 0 aliphatic carbocycles. The second-order valence-corrected chi connectivity index (χ2v) is 4.86. The topological polar surface area (TPSA) is 29.5 Å². The molecule has 1 N–H and O–H groups in total. The molecule has 0 aromatic carbocycles. The molecule has 0 aliphatic rings. The molecule has 1 unspecified atom stereocenters. The molecule has 0 amide bonds. The van der Waals surface area contributed by atoms with Crippen LogP contribution in [0.25, 0.3) is 0 Å². The first kappa shape index (κ1) is 14.1. The van der Waals surface area contributed by atoms with Crippen molar-refractivity contribution in [3.8, 4) is 0 Å². The fourth-order valence-electron chi connectivity index (χ4n) is 1.34. The highest BCUT2D eigenvalue weighted by Gasteiger charge is 2.02. The Balaban J connectivity index is 3.02. The molecule has 2 radical (unpaired) electrons. The van der Waals surface area contributed by atoms with Crippen LogP contribution in [0.15, 0.2) is 0 Å². The number of hydrogen-bond donors (Lipinski definition) is 1. The van der Waals surface area contributed by atoms with Crippen LogP contribution in [-0.4, -0.2) is 21.2 Å². The SMILES string of the molecule is CCCCCCCCC(O)O[Si]CC. The van der Waals surface area contributed by atoms with Gasteiger partial charge >= 0.3 is 0 Å². The number of unbranched alkanes of at least 4 members (excludes halogenated alkanes) is 5. The highest BCUT2D eigenvalue weighted by Crippen LogP contribution is 2.08. The van der Waals surface area contributed by atoms with Crippen molar-refractivity contribution in [1.82, 2.24) is 0 Å². The van der Waals surface area contributed by atoms with Crippen molar-refractivity contribution in [2.75, 3.05) is 0 Å². The van der Waals surface area contributed by atoms with Crippen LogP contribution in [0.1, 0.15) is 58.8 Å². The van der Waals surface area contributed by atoms with Gasteiger partial charge in [-0.1, -0.05) is 46.0 Å². The van der Waals surface area contributed by atoms with Crippen molar-refractivity contribution < 1.29 is 9.53 Å². The van der Waals surface area contributed by atoms with Crippen LogP contribution in [0.3, 0.4) is 0 Å². The van der Waals surface area contributed by atoms with Gasteiger partial charge in [-0.05, 0) is 18.9 Å². The molecule has 0 fully saturated rings. The summed E-state index contributed by atoms with van der Waals surface area (Å²) in [5.74, 6) is 0. The van der Waals surface area contributed by atoms with Crippen LogP contribution in [0.2, 0.25) is 6.04 Å². The quantitative estimate of drug-likeness (QED) is 0.345. The fourth-order valence-corrected chi connectivity index (χ4v) is 1.81. The number of aliphatic hydroxyl groups excluding tert-OH is 1. The van der Waals surface area contributed by atoms with Gasteiger partial charge in [-0.15, -0.1) is 0 Å². The first-order valence-corrected chi connectivity index (χ1v) is 6.99. The largest absolute Gasteiger partial charge is 0.393 e. The van der Waals surface area contributed by atoms with E-state index in [2.05, 4.69) is 13.8 Å². The first-order chi connectivity index (χ1) is 6.81. The predicted molar refractivity (Wildman–Crippen MR) is 61.3 cm³/mol. The van der Waals surface area contributed by atoms with Crippen molar-refractivity contribution in [1.29, 1.82) is 0 Å². The summed E-state index contributed by atoms with van der Waals surface area (Å²) >= 11 is 0. The molecule has 0 spiro atoms. The summed E-state index contributed by atoms with van der Waals surface area (Å²) in [7, 11) is 0.457. The van der Waals surface area contributed by atoms with Crippen LogP contribution >= 0.6 is 0 Å². The lowest BCUT2D eigenvalue weighted by molar-refractivity contribution is -0.0230. The molecule has 3 heteroatoms. The Bertz CT molecular complexity index is 109. The molecule has 84 valence electrons. The van der Waals surface area contributed by atoms with Gasteiger partial charge in [-0.3, -0.25) is 0 Å². The molecule has 0 rings (SSSR count). The third kappa shape index (κ3) is 10.2. The van der Waals surface area contributed by atoms with Gasteiger partial charge in [0, 0.05) is 0 Å². The smallest absolute Gasteiger partial charge is 0.232 e. The lowest BCUT2D eigenvalue weighted by atomic mass is 10.1. The Labute approximate surface area is 91.0 Å². The standard InChI is InChI=1S/C11H24O2Si/c1-3-5-6-7-8-9-10-11(12)13-14-4-2/h11-12H,3-10H2,1-2H3. The van der Waals surface area contributed by atoms with E-state index >= 15 is 0 Å². The van der Waals surface area contributed by atoms with Gasteiger partial charge in [0.2, 0.25) is 9.76 Å². The zero-order chi connectivity index (χ0) is 10.6. The Morgan fingerprint density at radius 3 is 2.36 bits per heavy atom. The van der Waals surface area contributed by atoms with Gasteiger partial charge in [0.05, 0.1) is 0 Å². The van der Waals surface area contributed by atoms with Gasteiger partial charge < -0.3 is 9.53 Å². The van der Waals surface area contributed by atoms with Crippen molar-refractivity contribution >= 4 is 9.76 Å². The third-order valence-corrected chi connectivity index (χ3v) is 2.90. The van der Waals surface area contributed by atoms with E-state index in [0.717, 1.165) is 18.9 Å². The minimum Gasteiger partial charge on any atom is -0.393 e. The van der Waals surface area contributed by atoms with Crippen molar-refractivity contribution in [3.05, 3.63) is 0 Å². The Morgan fingerprint density at radius 1 is 1.07 bits per heavy atom. The van der Waals surface area contributed by atoms with E-state index in [9.17, 15) is 5.11 Å². The average molecular weight is 216 g/mol. The van der Waals surface area contributed by atoms with E-state index in [0.29, 0.717) is 9.76 Å². The number of aliphatic hydroxyl groups is 1. The summed E-state index contributed by atoms with van der Waals surface area (Å²) in [6.07, 6.45) is 7.90. The maximum atomic E-state index is 9.37. The molecule has 0 saturated heterocycles. The second-order valence-electron chi connectivity index (χ2n) is 3.63. The van der Waals surface area contributed by atoms with Gasteiger partial charge in [-0.2, -0.15) is 0 Å². The predicted octanol–water partition coefficient (Wildman–Crippen LogP) is 3.13. The highest BCUT2D eigenvalue weighted by molar-refractivity contribution is 6.26. The molecule has 0 saturated carbocycles. The summed E-state index contributed by atoms with van der Waals surface area (Å²) in [5.41, 5.74) is 0. The summed E-state index contributed by atoms with van der Waals surface area (Å²) in [5, 5.41) is 9.37. The van der Waals surface area contributed by atoms with Crippen LogP contribution in [-0.2, 0) is 4.43 Å². The maximum Gasteiger partial charge on any atom is 0.232 e. The Kier molecular flexibility index (Phi) is 11.3. The first-order valence-electron chi connectivity index (χ1n) is 5.87. The number of hydrogen-bond acceptors (Lipinski definition) is 2. The molecular formula is C11H24O2Si.